The van der Waals surface area contributed by atoms with E-state index in [1.807, 2.05) is 0 Å². The number of ether oxygens (including phenoxy) is 1. The van der Waals surface area contributed by atoms with Crippen molar-refractivity contribution in [2.75, 3.05) is 6.61 Å². The van der Waals surface area contributed by atoms with E-state index in [0.717, 1.165) is 0 Å². The predicted molar refractivity (Wildman–Crippen MR) is 52.4 cm³/mol. The number of nitro benzene ring substituents is 1. The highest BCUT2D eigenvalue weighted by atomic mass is 35.5. The Morgan fingerprint density at radius 2 is 2.36 bits per heavy atom. The topological polar surface area (TPSA) is 52.4 Å². The van der Waals surface area contributed by atoms with Crippen molar-refractivity contribution < 1.29 is 9.66 Å². The first-order valence-corrected chi connectivity index (χ1v) is 4.03. The van der Waals surface area contributed by atoms with Crippen LogP contribution in [0.4, 0.5) is 5.69 Å². The van der Waals surface area contributed by atoms with Crippen molar-refractivity contribution in [2.45, 2.75) is 0 Å². The molecule has 0 spiro atoms. The van der Waals surface area contributed by atoms with Gasteiger partial charge in [0.2, 0.25) is 5.75 Å². The van der Waals surface area contributed by atoms with Crippen LogP contribution in [0, 0.1) is 22.5 Å². The number of hydrogen-bond donors (Lipinski definition) is 0. The molecule has 72 valence electrons. The largest absolute Gasteiger partial charge is 0.473 e. The molecule has 0 aliphatic heterocycles. The lowest BCUT2D eigenvalue weighted by molar-refractivity contribution is -0.385. The Morgan fingerprint density at radius 3 is 2.93 bits per heavy atom. The molecule has 0 fully saturated rings. The molecule has 0 atom stereocenters. The molecule has 1 rings (SSSR count). The lowest BCUT2D eigenvalue weighted by Gasteiger charge is -2.04. The lowest BCUT2D eigenvalue weighted by atomic mass is 10.3. The number of nitrogens with zero attached hydrogens (tertiary/aromatic N) is 1. The average molecular weight is 212 g/mol. The van der Waals surface area contributed by atoms with Gasteiger partial charge in [-0.3, -0.25) is 10.1 Å². The minimum atomic E-state index is -0.572. The van der Waals surface area contributed by atoms with Crippen LogP contribution in [0.5, 0.6) is 5.75 Å². The molecular weight excluding hydrogens is 206 g/mol. The molecule has 1 aromatic rings. The number of halogens is 1. The van der Waals surface area contributed by atoms with Crippen molar-refractivity contribution >= 4 is 17.3 Å². The Hall–Kier alpha value is -1.73. The first kappa shape index (κ1) is 10.4. The number of nitro groups is 1. The van der Waals surface area contributed by atoms with Crippen molar-refractivity contribution in [3.63, 3.8) is 0 Å². The van der Waals surface area contributed by atoms with Gasteiger partial charge in [-0.25, -0.2) is 0 Å². The van der Waals surface area contributed by atoms with Crippen molar-refractivity contribution in [2.24, 2.45) is 0 Å². The Morgan fingerprint density at radius 1 is 1.64 bits per heavy atom. The Kier molecular flexibility index (Phi) is 3.32. The quantitative estimate of drug-likeness (QED) is 0.438. The fourth-order valence-electron chi connectivity index (χ4n) is 0.898. The third-order valence-electron chi connectivity index (χ3n) is 1.44. The molecule has 0 aliphatic carbocycles. The third-order valence-corrected chi connectivity index (χ3v) is 1.74. The Balaban J connectivity index is 3.10. The van der Waals surface area contributed by atoms with E-state index in [-0.39, 0.29) is 23.1 Å². The molecule has 0 N–H and O–H groups in total. The molecular formula is C9H6ClNO3. The van der Waals surface area contributed by atoms with Crippen LogP contribution in [0.3, 0.4) is 0 Å². The van der Waals surface area contributed by atoms with Crippen molar-refractivity contribution in [1.29, 1.82) is 0 Å². The van der Waals surface area contributed by atoms with E-state index in [4.69, 9.17) is 22.8 Å². The van der Waals surface area contributed by atoms with Gasteiger partial charge in [0.05, 0.1) is 9.95 Å². The molecule has 0 amide bonds. The summed E-state index contributed by atoms with van der Waals surface area (Å²) in [6, 6.07) is 4.28. The van der Waals surface area contributed by atoms with E-state index >= 15 is 0 Å². The molecule has 14 heavy (non-hydrogen) atoms. The summed E-state index contributed by atoms with van der Waals surface area (Å²) in [5.41, 5.74) is -0.187. The minimum Gasteiger partial charge on any atom is -0.473 e. The molecule has 4 nitrogen and oxygen atoms in total. The molecule has 0 aromatic heterocycles. The second-order valence-corrected chi connectivity index (χ2v) is 2.75. The molecule has 0 saturated carbocycles. The van der Waals surface area contributed by atoms with Crippen LogP contribution in [0.1, 0.15) is 0 Å². The fourth-order valence-corrected chi connectivity index (χ4v) is 1.12. The first-order chi connectivity index (χ1) is 6.66. The van der Waals surface area contributed by atoms with Crippen LogP contribution in [0.25, 0.3) is 0 Å². The summed E-state index contributed by atoms with van der Waals surface area (Å²) in [5.74, 6) is 2.22. The standard InChI is InChI=1S/C9H6ClNO3/c1-2-6-14-9-7(10)4-3-5-8(9)11(12)13/h1,3-5H,6H2. The number of benzene rings is 1. The summed E-state index contributed by atoms with van der Waals surface area (Å²) in [6.07, 6.45) is 4.96. The second-order valence-electron chi connectivity index (χ2n) is 2.34. The molecule has 0 bridgehead atoms. The SMILES string of the molecule is C#CCOc1c(Cl)cccc1[N+](=O)[O-]. The van der Waals surface area contributed by atoms with Gasteiger partial charge < -0.3 is 4.74 Å². The molecule has 1 aromatic carbocycles. The monoisotopic (exact) mass is 211 g/mol. The maximum atomic E-state index is 10.6. The summed E-state index contributed by atoms with van der Waals surface area (Å²) < 4.78 is 4.97. The van der Waals surface area contributed by atoms with Crippen LogP contribution in [-0.4, -0.2) is 11.5 Å². The summed E-state index contributed by atoms with van der Waals surface area (Å²) in [7, 11) is 0. The van der Waals surface area contributed by atoms with Crippen molar-refractivity contribution in [3.8, 4) is 18.1 Å². The summed E-state index contributed by atoms with van der Waals surface area (Å²) in [5, 5.41) is 10.7. The van der Waals surface area contributed by atoms with Gasteiger partial charge in [0, 0.05) is 6.07 Å². The smallest absolute Gasteiger partial charge is 0.312 e. The van der Waals surface area contributed by atoms with E-state index in [2.05, 4.69) is 5.92 Å². The molecule has 0 aliphatic rings. The predicted octanol–water partition coefficient (Wildman–Crippen LogP) is 2.26. The molecule has 0 heterocycles. The van der Waals surface area contributed by atoms with Crippen LogP contribution in [0.15, 0.2) is 18.2 Å². The van der Waals surface area contributed by atoms with E-state index in [9.17, 15) is 10.1 Å². The van der Waals surface area contributed by atoms with Crippen LogP contribution in [-0.2, 0) is 0 Å². The van der Waals surface area contributed by atoms with Crippen molar-refractivity contribution in [3.05, 3.63) is 33.3 Å². The number of rotatable bonds is 3. The zero-order valence-electron chi connectivity index (χ0n) is 7.07. The van der Waals surface area contributed by atoms with E-state index in [1.54, 1.807) is 0 Å². The normalized spacial score (nSPS) is 9.14. The van der Waals surface area contributed by atoms with Gasteiger partial charge in [0.15, 0.2) is 0 Å². The van der Waals surface area contributed by atoms with Crippen LogP contribution < -0.4 is 4.74 Å². The maximum absolute atomic E-state index is 10.6. The molecule has 5 heteroatoms. The van der Waals surface area contributed by atoms with Gasteiger partial charge in [-0.15, -0.1) is 6.42 Å². The highest BCUT2D eigenvalue weighted by Gasteiger charge is 2.17. The fraction of sp³-hybridized carbons (Fsp3) is 0.111. The number of terminal acetylenes is 1. The highest BCUT2D eigenvalue weighted by molar-refractivity contribution is 6.32. The zero-order chi connectivity index (χ0) is 10.6. The van der Waals surface area contributed by atoms with E-state index in [0.29, 0.717) is 0 Å². The first-order valence-electron chi connectivity index (χ1n) is 3.66. The van der Waals surface area contributed by atoms with Crippen LogP contribution >= 0.6 is 11.6 Å². The molecule has 0 saturated heterocycles. The molecule has 0 radical (unpaired) electrons. The summed E-state index contributed by atoms with van der Waals surface area (Å²) in [4.78, 5) is 9.98. The lowest BCUT2D eigenvalue weighted by Crippen LogP contribution is -1.98. The highest BCUT2D eigenvalue weighted by Crippen LogP contribution is 2.34. The Bertz CT molecular complexity index is 398. The summed E-state index contributed by atoms with van der Waals surface area (Å²) >= 11 is 5.71. The van der Waals surface area contributed by atoms with Gasteiger partial charge in [-0.1, -0.05) is 23.6 Å². The number of hydrogen-bond acceptors (Lipinski definition) is 3. The van der Waals surface area contributed by atoms with Crippen LogP contribution in [0.2, 0.25) is 5.02 Å². The zero-order valence-corrected chi connectivity index (χ0v) is 7.82. The van der Waals surface area contributed by atoms with E-state index in [1.165, 1.54) is 18.2 Å². The average Bonchev–Trinajstić information content (AvgIpc) is 2.15. The summed E-state index contributed by atoms with van der Waals surface area (Å²) in [6.45, 7) is -0.0510. The van der Waals surface area contributed by atoms with Gasteiger partial charge >= 0.3 is 5.69 Å². The third kappa shape index (κ3) is 2.15. The van der Waals surface area contributed by atoms with Gasteiger partial charge in [0.25, 0.3) is 0 Å². The Labute approximate surface area is 85.6 Å². The van der Waals surface area contributed by atoms with Crippen molar-refractivity contribution in [1.82, 2.24) is 0 Å². The minimum absolute atomic E-state index is 0.0112. The number of para-hydroxylation sites is 1. The van der Waals surface area contributed by atoms with Gasteiger partial charge in [-0.05, 0) is 6.07 Å². The van der Waals surface area contributed by atoms with Gasteiger partial charge in [-0.2, -0.15) is 0 Å². The van der Waals surface area contributed by atoms with E-state index < -0.39 is 4.92 Å². The van der Waals surface area contributed by atoms with Gasteiger partial charge in [0.1, 0.15) is 6.61 Å². The second kappa shape index (κ2) is 4.49. The molecule has 0 unspecified atom stereocenters. The maximum Gasteiger partial charge on any atom is 0.312 e.